The standard InChI is InChI=1S/C19H24N2O/c1-15(16(2)20)19(22)21(18-11-7-4-8-12-18)14-13-17-9-5-3-6-10-17/h3-12,15-16H,13-14,20H2,1-2H3. The van der Waals surface area contributed by atoms with Crippen molar-refractivity contribution < 1.29 is 4.79 Å². The highest BCUT2D eigenvalue weighted by molar-refractivity contribution is 5.95. The van der Waals surface area contributed by atoms with E-state index in [9.17, 15) is 4.79 Å². The first-order chi connectivity index (χ1) is 10.6. The predicted molar refractivity (Wildman–Crippen MR) is 91.8 cm³/mol. The minimum absolute atomic E-state index is 0.0807. The van der Waals surface area contributed by atoms with E-state index in [1.54, 1.807) is 0 Å². The number of nitrogens with two attached hydrogens (primary N) is 1. The van der Waals surface area contributed by atoms with Gasteiger partial charge in [-0.3, -0.25) is 4.79 Å². The zero-order chi connectivity index (χ0) is 15.9. The van der Waals surface area contributed by atoms with Crippen LogP contribution in [0.5, 0.6) is 0 Å². The summed E-state index contributed by atoms with van der Waals surface area (Å²) in [6, 6.07) is 19.9. The summed E-state index contributed by atoms with van der Waals surface area (Å²) in [4.78, 5) is 14.6. The Balaban J connectivity index is 2.17. The first kappa shape index (κ1) is 16.2. The van der Waals surface area contributed by atoms with Crippen molar-refractivity contribution in [3.63, 3.8) is 0 Å². The van der Waals surface area contributed by atoms with E-state index in [1.165, 1.54) is 5.56 Å². The Morgan fingerprint density at radius 2 is 1.55 bits per heavy atom. The van der Waals surface area contributed by atoms with Crippen molar-refractivity contribution in [3.05, 3.63) is 66.2 Å². The average Bonchev–Trinajstić information content (AvgIpc) is 2.56. The number of carbonyl (C=O) groups excluding carboxylic acids is 1. The highest BCUT2D eigenvalue weighted by Crippen LogP contribution is 2.18. The number of amides is 1. The number of hydrogen-bond acceptors (Lipinski definition) is 2. The van der Waals surface area contributed by atoms with Crippen molar-refractivity contribution in [3.8, 4) is 0 Å². The summed E-state index contributed by atoms with van der Waals surface area (Å²) in [6.45, 7) is 4.43. The molecule has 2 aromatic carbocycles. The summed E-state index contributed by atoms with van der Waals surface area (Å²) >= 11 is 0. The van der Waals surface area contributed by atoms with Gasteiger partial charge in [-0.05, 0) is 31.0 Å². The molecule has 0 aromatic heterocycles. The van der Waals surface area contributed by atoms with Crippen LogP contribution in [0, 0.1) is 5.92 Å². The molecule has 2 unspecified atom stereocenters. The van der Waals surface area contributed by atoms with Crippen molar-refractivity contribution in [2.45, 2.75) is 26.3 Å². The van der Waals surface area contributed by atoms with Gasteiger partial charge in [0.1, 0.15) is 0 Å². The zero-order valence-electron chi connectivity index (χ0n) is 13.3. The Kier molecular flexibility index (Phi) is 5.73. The molecule has 1 amide bonds. The molecule has 2 aromatic rings. The second kappa shape index (κ2) is 7.76. The SMILES string of the molecule is CC(N)C(C)C(=O)N(CCc1ccccc1)c1ccccc1. The summed E-state index contributed by atoms with van der Waals surface area (Å²) in [5, 5.41) is 0. The van der Waals surface area contributed by atoms with Crippen LogP contribution >= 0.6 is 0 Å². The lowest BCUT2D eigenvalue weighted by molar-refractivity contribution is -0.122. The zero-order valence-corrected chi connectivity index (χ0v) is 13.3. The van der Waals surface area contributed by atoms with Crippen molar-refractivity contribution in [1.29, 1.82) is 0 Å². The fourth-order valence-electron chi connectivity index (χ4n) is 2.33. The van der Waals surface area contributed by atoms with E-state index in [0.717, 1.165) is 12.1 Å². The van der Waals surface area contributed by atoms with Crippen LogP contribution in [-0.2, 0) is 11.2 Å². The van der Waals surface area contributed by atoms with Gasteiger partial charge in [-0.25, -0.2) is 0 Å². The average molecular weight is 296 g/mol. The van der Waals surface area contributed by atoms with Gasteiger partial charge < -0.3 is 10.6 Å². The minimum atomic E-state index is -0.198. The Bertz CT molecular complexity index is 581. The highest BCUT2D eigenvalue weighted by Gasteiger charge is 2.24. The molecule has 3 heteroatoms. The van der Waals surface area contributed by atoms with Crippen LogP contribution in [0.1, 0.15) is 19.4 Å². The van der Waals surface area contributed by atoms with Gasteiger partial charge >= 0.3 is 0 Å². The number of carbonyl (C=O) groups is 1. The molecule has 0 saturated heterocycles. The van der Waals surface area contributed by atoms with E-state index in [-0.39, 0.29) is 17.9 Å². The third kappa shape index (κ3) is 4.18. The van der Waals surface area contributed by atoms with Crippen molar-refractivity contribution >= 4 is 11.6 Å². The van der Waals surface area contributed by atoms with E-state index in [0.29, 0.717) is 6.54 Å². The van der Waals surface area contributed by atoms with Gasteiger partial charge in [0.05, 0.1) is 5.92 Å². The van der Waals surface area contributed by atoms with E-state index >= 15 is 0 Å². The molecular weight excluding hydrogens is 272 g/mol. The molecule has 22 heavy (non-hydrogen) atoms. The molecule has 2 N–H and O–H groups in total. The fraction of sp³-hybridized carbons (Fsp3) is 0.316. The smallest absolute Gasteiger partial charge is 0.231 e. The van der Waals surface area contributed by atoms with Crippen LogP contribution in [0.25, 0.3) is 0 Å². The van der Waals surface area contributed by atoms with Gasteiger partial charge in [0.15, 0.2) is 0 Å². The molecule has 0 radical (unpaired) electrons. The van der Waals surface area contributed by atoms with Crippen LogP contribution in [0.3, 0.4) is 0 Å². The van der Waals surface area contributed by atoms with Crippen LogP contribution in [0.15, 0.2) is 60.7 Å². The lowest BCUT2D eigenvalue weighted by atomic mass is 10.0. The van der Waals surface area contributed by atoms with Crippen molar-refractivity contribution in [1.82, 2.24) is 0 Å². The second-order valence-electron chi connectivity index (χ2n) is 5.71. The Morgan fingerprint density at radius 3 is 2.09 bits per heavy atom. The molecule has 0 heterocycles. The van der Waals surface area contributed by atoms with E-state index in [4.69, 9.17) is 5.73 Å². The molecule has 2 atom stereocenters. The van der Waals surface area contributed by atoms with Crippen molar-refractivity contribution in [2.24, 2.45) is 11.7 Å². The van der Waals surface area contributed by atoms with Gasteiger partial charge in [0.2, 0.25) is 5.91 Å². The molecule has 116 valence electrons. The number of rotatable bonds is 6. The first-order valence-corrected chi connectivity index (χ1v) is 7.75. The Hall–Kier alpha value is -2.13. The maximum absolute atomic E-state index is 12.8. The third-order valence-corrected chi connectivity index (χ3v) is 3.98. The van der Waals surface area contributed by atoms with Crippen LogP contribution < -0.4 is 10.6 Å². The van der Waals surface area contributed by atoms with Gasteiger partial charge in [0, 0.05) is 18.3 Å². The molecule has 2 rings (SSSR count). The predicted octanol–water partition coefficient (Wildman–Crippen LogP) is 3.25. The maximum Gasteiger partial charge on any atom is 0.231 e. The lowest BCUT2D eigenvalue weighted by Crippen LogP contribution is -2.42. The number of hydrogen-bond donors (Lipinski definition) is 1. The minimum Gasteiger partial charge on any atom is -0.327 e. The van der Waals surface area contributed by atoms with E-state index in [1.807, 2.05) is 67.3 Å². The molecule has 3 nitrogen and oxygen atoms in total. The second-order valence-corrected chi connectivity index (χ2v) is 5.71. The maximum atomic E-state index is 12.8. The molecule has 0 spiro atoms. The number of para-hydroxylation sites is 1. The van der Waals surface area contributed by atoms with Gasteiger partial charge in [0.25, 0.3) is 0 Å². The highest BCUT2D eigenvalue weighted by atomic mass is 16.2. The molecule has 0 saturated carbocycles. The fourth-order valence-corrected chi connectivity index (χ4v) is 2.33. The number of benzene rings is 2. The van der Waals surface area contributed by atoms with Gasteiger partial charge in [-0.1, -0.05) is 55.5 Å². The third-order valence-electron chi connectivity index (χ3n) is 3.98. The summed E-state index contributed by atoms with van der Waals surface area (Å²) in [5.74, 6) is -0.117. The summed E-state index contributed by atoms with van der Waals surface area (Å²) < 4.78 is 0. The topological polar surface area (TPSA) is 46.3 Å². The van der Waals surface area contributed by atoms with Crippen LogP contribution in [-0.4, -0.2) is 18.5 Å². The van der Waals surface area contributed by atoms with Crippen LogP contribution in [0.4, 0.5) is 5.69 Å². The molecule has 0 aliphatic heterocycles. The first-order valence-electron chi connectivity index (χ1n) is 7.75. The van der Waals surface area contributed by atoms with Crippen LogP contribution in [0.2, 0.25) is 0 Å². The monoisotopic (exact) mass is 296 g/mol. The lowest BCUT2D eigenvalue weighted by Gasteiger charge is -2.27. The number of nitrogens with zero attached hydrogens (tertiary/aromatic N) is 1. The van der Waals surface area contributed by atoms with Gasteiger partial charge in [-0.15, -0.1) is 0 Å². The quantitative estimate of drug-likeness (QED) is 0.889. The summed E-state index contributed by atoms with van der Waals surface area (Å²) in [6.07, 6.45) is 0.827. The van der Waals surface area contributed by atoms with E-state index in [2.05, 4.69) is 12.1 Å². The molecule has 0 bridgehead atoms. The number of anilines is 1. The summed E-state index contributed by atoms with van der Waals surface area (Å²) in [5.41, 5.74) is 8.07. The molecule has 0 aliphatic rings. The Labute approximate surface area is 132 Å². The Morgan fingerprint density at radius 1 is 1.00 bits per heavy atom. The molecule has 0 fully saturated rings. The van der Waals surface area contributed by atoms with Crippen molar-refractivity contribution in [2.75, 3.05) is 11.4 Å². The normalized spacial score (nSPS) is 13.4. The van der Waals surface area contributed by atoms with Gasteiger partial charge in [-0.2, -0.15) is 0 Å². The summed E-state index contributed by atoms with van der Waals surface area (Å²) in [7, 11) is 0. The van der Waals surface area contributed by atoms with E-state index < -0.39 is 0 Å². The molecular formula is C19H24N2O. The molecule has 0 aliphatic carbocycles. The largest absolute Gasteiger partial charge is 0.327 e.